The zero-order valence-corrected chi connectivity index (χ0v) is 13.5. The lowest BCUT2D eigenvalue weighted by Crippen LogP contribution is -2.34. The van der Waals surface area contributed by atoms with Crippen LogP contribution in [0.1, 0.15) is 52.2 Å². The maximum Gasteiger partial charge on any atom is 0.0827 e. The van der Waals surface area contributed by atoms with Crippen molar-refractivity contribution in [3.05, 3.63) is 35.9 Å². The second kappa shape index (κ2) is 9.15. The average Bonchev–Trinajstić information content (AvgIpc) is 2.51. The topological polar surface area (TPSA) is 23.5 Å². The third-order valence-electron chi connectivity index (χ3n) is 4.34. The van der Waals surface area contributed by atoms with E-state index in [9.17, 15) is 5.11 Å². The van der Waals surface area contributed by atoms with Gasteiger partial charge in [-0.2, -0.15) is 0 Å². The number of benzene rings is 1. The summed E-state index contributed by atoms with van der Waals surface area (Å²) in [5.74, 6) is 1.03. The molecule has 0 spiro atoms. The molecule has 0 aliphatic heterocycles. The lowest BCUT2D eigenvalue weighted by Gasteiger charge is -2.30. The zero-order valence-electron chi connectivity index (χ0n) is 13.5. The average molecular weight is 277 g/mol. The van der Waals surface area contributed by atoms with Crippen LogP contribution in [0.3, 0.4) is 0 Å². The van der Waals surface area contributed by atoms with E-state index in [4.69, 9.17) is 0 Å². The maximum absolute atomic E-state index is 10.5. The van der Waals surface area contributed by atoms with Crippen molar-refractivity contribution in [2.45, 2.75) is 46.6 Å². The molecule has 2 atom stereocenters. The standard InChI is InChI=1S/C18H31NO/c1-5-16(6-2)14-19(7-3)13-15(4)18(20)17-11-9-8-10-12-17/h8-12,15-16,18,20H,5-7,13-14H2,1-4H3. The quantitative estimate of drug-likeness (QED) is 0.734. The number of hydrogen-bond acceptors (Lipinski definition) is 2. The molecule has 2 heteroatoms. The Morgan fingerprint density at radius 2 is 1.60 bits per heavy atom. The molecular weight excluding hydrogens is 246 g/mol. The first-order valence-corrected chi connectivity index (χ1v) is 8.07. The van der Waals surface area contributed by atoms with E-state index >= 15 is 0 Å². The van der Waals surface area contributed by atoms with Gasteiger partial charge in [0.15, 0.2) is 0 Å². The molecule has 20 heavy (non-hydrogen) atoms. The van der Waals surface area contributed by atoms with E-state index in [2.05, 4.69) is 32.6 Å². The second-order valence-electron chi connectivity index (χ2n) is 5.87. The fourth-order valence-electron chi connectivity index (χ4n) is 2.73. The van der Waals surface area contributed by atoms with Crippen molar-refractivity contribution in [3.63, 3.8) is 0 Å². The van der Waals surface area contributed by atoms with Crippen LogP contribution in [0.5, 0.6) is 0 Å². The third-order valence-corrected chi connectivity index (χ3v) is 4.34. The zero-order chi connectivity index (χ0) is 15.0. The highest BCUT2D eigenvalue weighted by molar-refractivity contribution is 5.17. The van der Waals surface area contributed by atoms with Crippen LogP contribution in [0.15, 0.2) is 30.3 Å². The van der Waals surface area contributed by atoms with Gasteiger partial charge in [0.25, 0.3) is 0 Å². The Labute approximate surface area is 124 Å². The summed E-state index contributed by atoms with van der Waals surface area (Å²) in [4.78, 5) is 2.48. The van der Waals surface area contributed by atoms with Crippen molar-refractivity contribution in [1.82, 2.24) is 4.90 Å². The van der Waals surface area contributed by atoms with Crippen LogP contribution in [-0.4, -0.2) is 29.6 Å². The minimum Gasteiger partial charge on any atom is -0.388 e. The molecule has 0 aromatic heterocycles. The summed E-state index contributed by atoms with van der Waals surface area (Å²) < 4.78 is 0. The van der Waals surface area contributed by atoms with Gasteiger partial charge in [0.1, 0.15) is 0 Å². The summed E-state index contributed by atoms with van der Waals surface area (Å²) in [7, 11) is 0. The highest BCUT2D eigenvalue weighted by Crippen LogP contribution is 2.23. The summed E-state index contributed by atoms with van der Waals surface area (Å²) in [5.41, 5.74) is 1.03. The maximum atomic E-state index is 10.5. The normalized spacial score (nSPS) is 14.8. The Balaban J connectivity index is 2.56. The first kappa shape index (κ1) is 17.2. The molecule has 0 saturated heterocycles. The van der Waals surface area contributed by atoms with Crippen LogP contribution in [0.2, 0.25) is 0 Å². The summed E-state index contributed by atoms with van der Waals surface area (Å²) >= 11 is 0. The molecule has 0 fully saturated rings. The van der Waals surface area contributed by atoms with Gasteiger partial charge in [-0.1, -0.05) is 70.9 Å². The van der Waals surface area contributed by atoms with E-state index in [1.54, 1.807) is 0 Å². The van der Waals surface area contributed by atoms with Crippen molar-refractivity contribution in [3.8, 4) is 0 Å². The molecule has 0 aliphatic rings. The van der Waals surface area contributed by atoms with Crippen LogP contribution < -0.4 is 0 Å². The van der Waals surface area contributed by atoms with Crippen LogP contribution in [0.25, 0.3) is 0 Å². The lowest BCUT2D eigenvalue weighted by atomic mass is 9.96. The van der Waals surface area contributed by atoms with Gasteiger partial charge in [-0.15, -0.1) is 0 Å². The molecule has 0 saturated carbocycles. The van der Waals surface area contributed by atoms with Crippen molar-refractivity contribution < 1.29 is 5.11 Å². The summed E-state index contributed by atoms with van der Waals surface area (Å²) in [6, 6.07) is 10.0. The van der Waals surface area contributed by atoms with E-state index in [1.807, 2.05) is 30.3 Å². The molecule has 0 aliphatic carbocycles. The van der Waals surface area contributed by atoms with E-state index in [1.165, 1.54) is 12.8 Å². The van der Waals surface area contributed by atoms with Crippen molar-refractivity contribution >= 4 is 0 Å². The van der Waals surface area contributed by atoms with E-state index in [0.717, 1.165) is 31.1 Å². The van der Waals surface area contributed by atoms with E-state index < -0.39 is 0 Å². The molecule has 2 nitrogen and oxygen atoms in total. The summed E-state index contributed by atoms with van der Waals surface area (Å²) in [6.07, 6.45) is 2.11. The number of aliphatic hydroxyl groups excluding tert-OH is 1. The molecule has 0 heterocycles. The van der Waals surface area contributed by atoms with Crippen LogP contribution >= 0.6 is 0 Å². The summed E-state index contributed by atoms with van der Waals surface area (Å²) in [5, 5.41) is 10.5. The van der Waals surface area contributed by atoms with Gasteiger partial charge in [0.2, 0.25) is 0 Å². The van der Waals surface area contributed by atoms with E-state index in [-0.39, 0.29) is 12.0 Å². The second-order valence-corrected chi connectivity index (χ2v) is 5.87. The monoisotopic (exact) mass is 277 g/mol. The Kier molecular flexibility index (Phi) is 7.86. The number of nitrogens with zero attached hydrogens (tertiary/aromatic N) is 1. The van der Waals surface area contributed by atoms with Gasteiger partial charge in [-0.25, -0.2) is 0 Å². The van der Waals surface area contributed by atoms with Gasteiger partial charge in [-0.05, 0) is 23.9 Å². The number of aliphatic hydroxyl groups is 1. The Morgan fingerprint density at radius 3 is 2.10 bits per heavy atom. The van der Waals surface area contributed by atoms with Gasteiger partial charge in [0.05, 0.1) is 6.10 Å². The lowest BCUT2D eigenvalue weighted by molar-refractivity contribution is 0.0840. The molecule has 1 rings (SSSR count). The van der Waals surface area contributed by atoms with Crippen molar-refractivity contribution in [2.75, 3.05) is 19.6 Å². The first-order chi connectivity index (χ1) is 9.62. The fourth-order valence-corrected chi connectivity index (χ4v) is 2.73. The Bertz CT molecular complexity index is 348. The van der Waals surface area contributed by atoms with Crippen LogP contribution in [0, 0.1) is 11.8 Å². The largest absolute Gasteiger partial charge is 0.388 e. The molecule has 2 unspecified atom stereocenters. The van der Waals surface area contributed by atoms with Gasteiger partial charge in [0, 0.05) is 13.1 Å². The number of rotatable bonds is 9. The highest BCUT2D eigenvalue weighted by atomic mass is 16.3. The minimum absolute atomic E-state index is 0.256. The minimum atomic E-state index is -0.369. The van der Waals surface area contributed by atoms with Gasteiger partial charge < -0.3 is 10.0 Å². The van der Waals surface area contributed by atoms with Crippen LogP contribution in [-0.2, 0) is 0 Å². The molecule has 1 aromatic carbocycles. The predicted molar refractivity (Wildman–Crippen MR) is 86.8 cm³/mol. The van der Waals surface area contributed by atoms with E-state index in [0.29, 0.717) is 0 Å². The SMILES string of the molecule is CCC(CC)CN(CC)CC(C)C(O)c1ccccc1. The molecule has 1 N–H and O–H groups in total. The fraction of sp³-hybridized carbons (Fsp3) is 0.667. The van der Waals surface area contributed by atoms with Crippen molar-refractivity contribution in [1.29, 1.82) is 0 Å². The molecule has 114 valence electrons. The Hall–Kier alpha value is -0.860. The molecular formula is C18H31NO. The first-order valence-electron chi connectivity index (χ1n) is 8.07. The Morgan fingerprint density at radius 1 is 1.00 bits per heavy atom. The highest BCUT2D eigenvalue weighted by Gasteiger charge is 2.19. The smallest absolute Gasteiger partial charge is 0.0827 e. The molecule has 0 amide bonds. The van der Waals surface area contributed by atoms with Gasteiger partial charge >= 0.3 is 0 Å². The number of hydrogen-bond donors (Lipinski definition) is 1. The molecule has 1 aromatic rings. The molecule has 0 radical (unpaired) electrons. The third kappa shape index (κ3) is 5.26. The summed E-state index contributed by atoms with van der Waals surface area (Å²) in [6.45, 7) is 12.1. The predicted octanol–water partition coefficient (Wildman–Crippen LogP) is 4.11. The molecule has 0 bridgehead atoms. The van der Waals surface area contributed by atoms with Crippen molar-refractivity contribution in [2.24, 2.45) is 11.8 Å². The van der Waals surface area contributed by atoms with Crippen LogP contribution in [0.4, 0.5) is 0 Å². The van der Waals surface area contributed by atoms with Gasteiger partial charge in [-0.3, -0.25) is 0 Å².